The Hall–Kier alpha value is -1.79. The fraction of sp³-hybridized carbons (Fsp3) is 0.667. The number of rotatable bonds is 8. The number of hydrogen-bond donors (Lipinski definition) is 1. The maximum Gasteiger partial charge on any atom is 0.260 e. The van der Waals surface area contributed by atoms with Crippen molar-refractivity contribution in [3.8, 4) is 11.5 Å². The molecule has 1 N–H and O–H groups in total. The van der Waals surface area contributed by atoms with Crippen LogP contribution in [0.2, 0.25) is 0 Å². The summed E-state index contributed by atoms with van der Waals surface area (Å²) in [5, 5.41) is 3.54. The molecule has 2 fully saturated rings. The number of ether oxygens (including phenoxy) is 3. The molecule has 0 spiro atoms. The fourth-order valence-corrected chi connectivity index (χ4v) is 3.59. The Morgan fingerprint density at radius 3 is 2.78 bits per heavy atom. The zero-order valence-electron chi connectivity index (χ0n) is 16.4. The molecule has 0 aliphatic carbocycles. The first-order chi connectivity index (χ1) is 13.3. The van der Waals surface area contributed by atoms with Crippen LogP contribution in [0.15, 0.2) is 18.2 Å². The molecule has 2 aliphatic rings. The van der Waals surface area contributed by atoms with Gasteiger partial charge in [-0.1, -0.05) is 6.07 Å². The second-order valence-electron chi connectivity index (χ2n) is 7.24. The molecule has 27 heavy (non-hydrogen) atoms. The molecule has 0 bridgehead atoms. The van der Waals surface area contributed by atoms with Crippen LogP contribution in [0.25, 0.3) is 0 Å². The van der Waals surface area contributed by atoms with Gasteiger partial charge in [0.1, 0.15) is 0 Å². The Labute approximate surface area is 162 Å². The average molecular weight is 376 g/mol. The molecule has 150 valence electrons. The number of likely N-dealkylation sites (tertiary alicyclic amines) is 1. The molecule has 3 rings (SSSR count). The van der Waals surface area contributed by atoms with Gasteiger partial charge < -0.3 is 24.4 Å². The number of amides is 1. The van der Waals surface area contributed by atoms with Crippen molar-refractivity contribution in [3.63, 3.8) is 0 Å². The second-order valence-corrected chi connectivity index (χ2v) is 7.24. The molecule has 0 radical (unpaired) electrons. The SMILES string of the molecule is CCOc1cc(CNC2CCCOC2)ccc1OCC(=O)N1CCCCC1. The number of carbonyl (C=O) groups excluding carboxylic acids is 1. The smallest absolute Gasteiger partial charge is 0.260 e. The molecule has 1 aromatic rings. The molecule has 1 unspecified atom stereocenters. The molecule has 2 aliphatic heterocycles. The third-order valence-electron chi connectivity index (χ3n) is 5.12. The second kappa shape index (κ2) is 10.5. The normalized spacial score (nSPS) is 20.3. The fourth-order valence-electron chi connectivity index (χ4n) is 3.59. The van der Waals surface area contributed by atoms with Crippen molar-refractivity contribution in [2.75, 3.05) is 39.5 Å². The van der Waals surface area contributed by atoms with Gasteiger partial charge in [0.25, 0.3) is 5.91 Å². The van der Waals surface area contributed by atoms with Crippen molar-refractivity contribution in [1.29, 1.82) is 0 Å². The molecular formula is C21H32N2O4. The number of hydrogen-bond acceptors (Lipinski definition) is 5. The minimum Gasteiger partial charge on any atom is -0.490 e. The van der Waals surface area contributed by atoms with Crippen LogP contribution >= 0.6 is 0 Å². The summed E-state index contributed by atoms with van der Waals surface area (Å²) < 4.78 is 17.1. The third-order valence-corrected chi connectivity index (χ3v) is 5.12. The van der Waals surface area contributed by atoms with Crippen LogP contribution in [0.3, 0.4) is 0 Å². The Morgan fingerprint density at radius 1 is 1.19 bits per heavy atom. The number of nitrogens with zero attached hydrogens (tertiary/aromatic N) is 1. The van der Waals surface area contributed by atoms with E-state index in [1.54, 1.807) is 0 Å². The van der Waals surface area contributed by atoms with Crippen LogP contribution in [0.4, 0.5) is 0 Å². The number of piperidine rings is 1. The molecule has 0 saturated carbocycles. The van der Waals surface area contributed by atoms with Crippen LogP contribution in [0.5, 0.6) is 11.5 Å². The predicted octanol–water partition coefficient (Wildman–Crippen LogP) is 2.75. The summed E-state index contributed by atoms with van der Waals surface area (Å²) in [6.07, 6.45) is 5.65. The Morgan fingerprint density at radius 2 is 2.04 bits per heavy atom. The van der Waals surface area contributed by atoms with Gasteiger partial charge in [0.15, 0.2) is 18.1 Å². The highest BCUT2D eigenvalue weighted by Crippen LogP contribution is 2.29. The van der Waals surface area contributed by atoms with E-state index in [-0.39, 0.29) is 12.5 Å². The van der Waals surface area contributed by atoms with Gasteiger partial charge in [-0.3, -0.25) is 4.79 Å². The summed E-state index contributed by atoms with van der Waals surface area (Å²) in [5.74, 6) is 1.38. The maximum atomic E-state index is 12.3. The molecule has 2 heterocycles. The first kappa shape index (κ1) is 20.0. The van der Waals surface area contributed by atoms with Gasteiger partial charge in [-0.05, 0) is 56.7 Å². The first-order valence-corrected chi connectivity index (χ1v) is 10.2. The highest BCUT2D eigenvalue weighted by atomic mass is 16.5. The minimum atomic E-state index is 0.0557. The number of benzene rings is 1. The quantitative estimate of drug-likeness (QED) is 0.756. The topological polar surface area (TPSA) is 60.0 Å². The lowest BCUT2D eigenvalue weighted by Gasteiger charge is -2.26. The van der Waals surface area contributed by atoms with Crippen LogP contribution in [0, 0.1) is 0 Å². The summed E-state index contributed by atoms with van der Waals surface area (Å²) in [4.78, 5) is 14.2. The highest BCUT2D eigenvalue weighted by molar-refractivity contribution is 5.78. The van der Waals surface area contributed by atoms with Gasteiger partial charge in [0.2, 0.25) is 0 Å². The van der Waals surface area contributed by atoms with Crippen LogP contribution in [-0.2, 0) is 16.1 Å². The predicted molar refractivity (Wildman–Crippen MR) is 104 cm³/mol. The van der Waals surface area contributed by atoms with Gasteiger partial charge in [-0.25, -0.2) is 0 Å². The molecular weight excluding hydrogens is 344 g/mol. The van der Waals surface area contributed by atoms with Crippen LogP contribution in [-0.4, -0.2) is 56.4 Å². The lowest BCUT2D eigenvalue weighted by molar-refractivity contribution is -0.134. The zero-order valence-corrected chi connectivity index (χ0v) is 16.4. The van der Waals surface area contributed by atoms with Crippen molar-refractivity contribution in [2.24, 2.45) is 0 Å². The lowest BCUT2D eigenvalue weighted by atomic mass is 10.1. The van der Waals surface area contributed by atoms with E-state index in [2.05, 4.69) is 5.32 Å². The third kappa shape index (κ3) is 6.11. The zero-order chi connectivity index (χ0) is 18.9. The largest absolute Gasteiger partial charge is 0.490 e. The molecule has 1 amide bonds. The summed E-state index contributed by atoms with van der Waals surface area (Å²) in [7, 11) is 0. The molecule has 6 heteroatoms. The monoisotopic (exact) mass is 376 g/mol. The van der Waals surface area contributed by atoms with Crippen molar-refractivity contribution in [3.05, 3.63) is 23.8 Å². The van der Waals surface area contributed by atoms with Gasteiger partial charge in [-0.2, -0.15) is 0 Å². The van der Waals surface area contributed by atoms with Crippen molar-refractivity contribution < 1.29 is 19.0 Å². The first-order valence-electron chi connectivity index (χ1n) is 10.2. The highest BCUT2D eigenvalue weighted by Gasteiger charge is 2.18. The van der Waals surface area contributed by atoms with Gasteiger partial charge in [0, 0.05) is 32.3 Å². The molecule has 1 aromatic carbocycles. The Kier molecular flexibility index (Phi) is 7.78. The molecule has 6 nitrogen and oxygen atoms in total. The van der Waals surface area contributed by atoms with Gasteiger partial charge in [0.05, 0.1) is 13.2 Å². The van der Waals surface area contributed by atoms with E-state index >= 15 is 0 Å². The number of carbonyl (C=O) groups is 1. The Balaban J connectivity index is 1.54. The molecule has 1 atom stereocenters. The van der Waals surface area contributed by atoms with Gasteiger partial charge >= 0.3 is 0 Å². The summed E-state index contributed by atoms with van der Waals surface area (Å²) in [6.45, 7) is 6.67. The minimum absolute atomic E-state index is 0.0557. The number of nitrogens with one attached hydrogen (secondary N) is 1. The molecule has 0 aromatic heterocycles. The average Bonchev–Trinajstić information content (AvgIpc) is 2.73. The van der Waals surface area contributed by atoms with Crippen molar-refractivity contribution >= 4 is 5.91 Å². The summed E-state index contributed by atoms with van der Waals surface area (Å²) in [5.41, 5.74) is 1.14. The van der Waals surface area contributed by atoms with E-state index < -0.39 is 0 Å². The van der Waals surface area contributed by atoms with Crippen molar-refractivity contribution in [2.45, 2.75) is 51.6 Å². The van der Waals surface area contributed by atoms with E-state index in [4.69, 9.17) is 14.2 Å². The van der Waals surface area contributed by atoms with Gasteiger partial charge in [-0.15, -0.1) is 0 Å². The molecule has 2 saturated heterocycles. The standard InChI is InChI=1S/C21H32N2O4/c1-2-26-20-13-17(14-22-18-7-6-12-25-15-18)8-9-19(20)27-16-21(24)23-10-4-3-5-11-23/h8-9,13,18,22H,2-7,10-12,14-16H2,1H3. The van der Waals surface area contributed by atoms with Crippen molar-refractivity contribution in [1.82, 2.24) is 10.2 Å². The summed E-state index contributed by atoms with van der Waals surface area (Å²) in [6, 6.07) is 6.34. The van der Waals surface area contributed by atoms with E-state index in [9.17, 15) is 4.79 Å². The van der Waals surface area contributed by atoms with Crippen LogP contribution in [0.1, 0.15) is 44.6 Å². The van der Waals surface area contributed by atoms with E-state index in [0.29, 0.717) is 24.1 Å². The Bertz CT molecular complexity index is 596. The lowest BCUT2D eigenvalue weighted by Crippen LogP contribution is -2.38. The maximum absolute atomic E-state index is 12.3. The van der Waals surface area contributed by atoms with E-state index in [1.807, 2.05) is 30.0 Å². The van der Waals surface area contributed by atoms with E-state index in [1.165, 1.54) is 6.42 Å². The van der Waals surface area contributed by atoms with E-state index in [0.717, 1.165) is 64.1 Å². The van der Waals surface area contributed by atoms with Crippen LogP contribution < -0.4 is 14.8 Å². The summed E-state index contributed by atoms with van der Waals surface area (Å²) >= 11 is 0.